The molecule has 144 valence electrons. The van der Waals surface area contributed by atoms with Gasteiger partial charge >= 0.3 is 0 Å². The fraction of sp³-hybridized carbons (Fsp3) is 0.667. The first-order valence-corrected chi connectivity index (χ1v) is 11.6. The first-order valence-electron chi connectivity index (χ1n) is 8.97. The van der Waals surface area contributed by atoms with Crippen LogP contribution in [0.3, 0.4) is 0 Å². The van der Waals surface area contributed by atoms with Crippen molar-refractivity contribution in [3.8, 4) is 0 Å². The zero-order valence-corrected chi connectivity index (χ0v) is 17.1. The number of amides is 2. The monoisotopic (exact) mass is 398 g/mol. The molecule has 2 atom stereocenters. The first-order chi connectivity index (χ1) is 12.0. The second-order valence-electron chi connectivity index (χ2n) is 8.41. The molecule has 8 heteroatoms. The third-order valence-corrected chi connectivity index (χ3v) is 8.44. The van der Waals surface area contributed by atoms with Crippen LogP contribution in [0.15, 0.2) is 6.07 Å². The second kappa shape index (κ2) is 6.96. The quantitative estimate of drug-likeness (QED) is 0.746. The molecule has 26 heavy (non-hydrogen) atoms. The van der Waals surface area contributed by atoms with Crippen LogP contribution in [0, 0.1) is 17.3 Å². The van der Waals surface area contributed by atoms with Gasteiger partial charge < -0.3 is 0 Å². The van der Waals surface area contributed by atoms with Crippen LogP contribution in [-0.2, 0) is 27.5 Å². The molecule has 2 aliphatic rings. The maximum atomic E-state index is 12.4. The van der Waals surface area contributed by atoms with E-state index >= 15 is 0 Å². The van der Waals surface area contributed by atoms with Crippen LogP contribution in [0.5, 0.6) is 0 Å². The molecule has 3 rings (SSSR count). The summed E-state index contributed by atoms with van der Waals surface area (Å²) < 4.78 is 22.9. The Morgan fingerprint density at radius 3 is 2.54 bits per heavy atom. The minimum atomic E-state index is -3.12. The summed E-state index contributed by atoms with van der Waals surface area (Å²) >= 11 is 1.48. The smallest absolute Gasteiger partial charge is 0.273 e. The molecule has 0 saturated carbocycles. The highest BCUT2D eigenvalue weighted by atomic mass is 32.2. The molecule has 1 aromatic heterocycles. The molecule has 0 radical (unpaired) electrons. The van der Waals surface area contributed by atoms with E-state index in [1.54, 1.807) is 0 Å². The molecule has 0 unspecified atom stereocenters. The lowest BCUT2D eigenvalue weighted by atomic mass is 9.72. The van der Waals surface area contributed by atoms with Gasteiger partial charge in [0.15, 0.2) is 9.84 Å². The minimum Gasteiger partial charge on any atom is -0.273 e. The van der Waals surface area contributed by atoms with Gasteiger partial charge in [0.25, 0.3) is 5.91 Å². The molecular weight excluding hydrogens is 372 g/mol. The summed E-state index contributed by atoms with van der Waals surface area (Å²) in [5.41, 5.74) is 6.29. The van der Waals surface area contributed by atoms with Crippen molar-refractivity contribution in [2.45, 2.75) is 46.5 Å². The summed E-state index contributed by atoms with van der Waals surface area (Å²) in [5.74, 6) is -0.865. The number of fused-ring (bicyclic) bond motifs is 1. The largest absolute Gasteiger partial charge is 0.279 e. The van der Waals surface area contributed by atoms with E-state index in [0.29, 0.717) is 17.2 Å². The standard InChI is InChI=1S/C18H26N2O4S2/c1-18(2,3)13-4-5-14-12(8-13)9-15(25-14)17(22)20-19-16(21)11-6-7-26(23,24)10-11/h9,11,13H,4-8,10H2,1-3H3,(H,19,21)(H,20,22)/t11-,13+/m1/s1. The molecule has 6 nitrogen and oxygen atoms in total. The highest BCUT2D eigenvalue weighted by molar-refractivity contribution is 7.91. The number of thiophene rings is 1. The summed E-state index contributed by atoms with van der Waals surface area (Å²) in [6.07, 6.45) is 3.41. The van der Waals surface area contributed by atoms with E-state index in [9.17, 15) is 18.0 Å². The van der Waals surface area contributed by atoms with Crippen LogP contribution in [0.1, 0.15) is 53.7 Å². The van der Waals surface area contributed by atoms with Gasteiger partial charge in [-0.05, 0) is 48.6 Å². The summed E-state index contributed by atoms with van der Waals surface area (Å²) in [6.45, 7) is 6.75. The van der Waals surface area contributed by atoms with Gasteiger partial charge in [-0.2, -0.15) is 0 Å². The predicted molar refractivity (Wildman–Crippen MR) is 102 cm³/mol. The predicted octanol–water partition coefficient (Wildman–Crippen LogP) is 2.09. The van der Waals surface area contributed by atoms with Crippen LogP contribution in [0.4, 0.5) is 0 Å². The van der Waals surface area contributed by atoms with Gasteiger partial charge in [0.2, 0.25) is 5.91 Å². The zero-order chi connectivity index (χ0) is 19.1. The van der Waals surface area contributed by atoms with Crippen molar-refractivity contribution < 1.29 is 18.0 Å². The number of carbonyl (C=O) groups excluding carboxylic acids is 2. The SMILES string of the molecule is CC(C)(C)[C@H]1CCc2sc(C(=O)NNC(=O)[C@@H]3CCS(=O)(=O)C3)cc2C1. The number of hydrogen-bond acceptors (Lipinski definition) is 5. The maximum absolute atomic E-state index is 12.4. The molecule has 0 aromatic carbocycles. The van der Waals surface area contributed by atoms with E-state index in [1.165, 1.54) is 21.8 Å². The van der Waals surface area contributed by atoms with Crippen molar-refractivity contribution in [3.63, 3.8) is 0 Å². The van der Waals surface area contributed by atoms with E-state index in [-0.39, 0.29) is 22.8 Å². The van der Waals surface area contributed by atoms with Crippen LogP contribution in [0.25, 0.3) is 0 Å². The molecule has 2 heterocycles. The summed E-state index contributed by atoms with van der Waals surface area (Å²) in [4.78, 5) is 26.2. The molecule has 2 amide bonds. The van der Waals surface area contributed by atoms with Gasteiger partial charge in [-0.15, -0.1) is 11.3 Å². The lowest BCUT2D eigenvalue weighted by molar-refractivity contribution is -0.125. The Bertz CT molecular complexity index is 821. The normalized spacial score (nSPS) is 24.7. The Kier molecular flexibility index (Phi) is 5.18. The Balaban J connectivity index is 1.58. The number of nitrogens with one attached hydrogen (secondary N) is 2. The van der Waals surface area contributed by atoms with Crippen LogP contribution >= 0.6 is 11.3 Å². The van der Waals surface area contributed by atoms with Crippen LogP contribution in [0.2, 0.25) is 0 Å². The topological polar surface area (TPSA) is 92.3 Å². The summed E-state index contributed by atoms with van der Waals surface area (Å²) in [7, 11) is -3.12. The van der Waals surface area contributed by atoms with E-state index in [0.717, 1.165) is 19.3 Å². The van der Waals surface area contributed by atoms with Gasteiger partial charge in [0.1, 0.15) is 0 Å². The Morgan fingerprint density at radius 1 is 1.19 bits per heavy atom. The zero-order valence-electron chi connectivity index (χ0n) is 15.4. The molecular formula is C18H26N2O4S2. The van der Waals surface area contributed by atoms with Gasteiger partial charge in [0, 0.05) is 4.88 Å². The van der Waals surface area contributed by atoms with Crippen LogP contribution in [-0.4, -0.2) is 31.7 Å². The first kappa shape index (κ1) is 19.4. The Hall–Kier alpha value is -1.41. The molecule has 1 fully saturated rings. The third kappa shape index (κ3) is 4.28. The third-order valence-electron chi connectivity index (χ3n) is 5.43. The van der Waals surface area contributed by atoms with Crippen molar-refractivity contribution in [3.05, 3.63) is 21.4 Å². The number of aryl methyl sites for hydroxylation is 1. The molecule has 1 aliphatic carbocycles. The minimum absolute atomic E-state index is 0.0334. The second-order valence-corrected chi connectivity index (χ2v) is 11.8. The summed E-state index contributed by atoms with van der Waals surface area (Å²) in [5, 5.41) is 0. The average Bonchev–Trinajstić information content (AvgIpc) is 3.13. The van der Waals surface area contributed by atoms with Crippen LogP contribution < -0.4 is 10.9 Å². The molecule has 0 spiro atoms. The maximum Gasteiger partial charge on any atom is 0.279 e. The average molecular weight is 399 g/mol. The van der Waals surface area contributed by atoms with Crippen molar-refractivity contribution in [2.75, 3.05) is 11.5 Å². The fourth-order valence-corrected chi connectivity index (χ4v) is 6.50. The fourth-order valence-electron chi connectivity index (χ4n) is 3.66. The van der Waals surface area contributed by atoms with Gasteiger partial charge in [-0.25, -0.2) is 8.42 Å². The Labute approximate surface area is 158 Å². The van der Waals surface area contributed by atoms with Crippen molar-refractivity contribution in [1.29, 1.82) is 0 Å². The van der Waals surface area contributed by atoms with E-state index in [4.69, 9.17) is 0 Å². The van der Waals surface area contributed by atoms with Crippen molar-refractivity contribution >= 4 is 33.0 Å². The lowest BCUT2D eigenvalue weighted by Crippen LogP contribution is -2.44. The molecule has 1 aromatic rings. The molecule has 2 N–H and O–H groups in total. The van der Waals surface area contributed by atoms with Crippen molar-refractivity contribution in [2.24, 2.45) is 17.3 Å². The number of sulfone groups is 1. The number of rotatable bonds is 2. The van der Waals surface area contributed by atoms with Crippen molar-refractivity contribution in [1.82, 2.24) is 10.9 Å². The highest BCUT2D eigenvalue weighted by Crippen LogP contribution is 2.40. The van der Waals surface area contributed by atoms with E-state index in [2.05, 4.69) is 31.6 Å². The number of carbonyl (C=O) groups is 2. The number of hydrazine groups is 1. The molecule has 0 bridgehead atoms. The lowest BCUT2D eigenvalue weighted by Gasteiger charge is -2.33. The summed E-state index contributed by atoms with van der Waals surface area (Å²) in [6, 6.07) is 1.93. The van der Waals surface area contributed by atoms with Gasteiger partial charge in [0.05, 0.1) is 22.3 Å². The molecule has 1 aliphatic heterocycles. The molecule has 1 saturated heterocycles. The highest BCUT2D eigenvalue weighted by Gasteiger charge is 2.33. The van der Waals surface area contributed by atoms with Gasteiger partial charge in [-0.1, -0.05) is 20.8 Å². The Morgan fingerprint density at radius 2 is 1.92 bits per heavy atom. The van der Waals surface area contributed by atoms with Gasteiger partial charge in [-0.3, -0.25) is 20.4 Å². The van der Waals surface area contributed by atoms with E-state index < -0.39 is 21.7 Å². The van der Waals surface area contributed by atoms with E-state index in [1.807, 2.05) is 6.07 Å². The number of hydrogen-bond donors (Lipinski definition) is 2.